The van der Waals surface area contributed by atoms with Crippen molar-refractivity contribution < 1.29 is 9.00 Å². The predicted octanol–water partition coefficient (Wildman–Crippen LogP) is 1.17. The van der Waals surface area contributed by atoms with Crippen LogP contribution >= 0.6 is 0 Å². The maximum Gasteiger partial charge on any atom is 0.230 e. The zero-order valence-electron chi connectivity index (χ0n) is 11.3. The van der Waals surface area contributed by atoms with Crippen LogP contribution in [0.3, 0.4) is 0 Å². The standard InChI is InChI=1S/C13H26N2O2S/c1-2-8-15-12(9-18(17)10-13(14)16)11-6-4-3-5-7-11/h11-12,15H,2-10H2,1H3,(H2,14,16). The molecule has 1 amide bonds. The van der Waals surface area contributed by atoms with E-state index in [4.69, 9.17) is 5.73 Å². The van der Waals surface area contributed by atoms with Gasteiger partial charge in [-0.05, 0) is 31.7 Å². The molecular formula is C13H26N2O2S. The summed E-state index contributed by atoms with van der Waals surface area (Å²) in [4.78, 5) is 10.8. The van der Waals surface area contributed by atoms with Gasteiger partial charge in [0.1, 0.15) is 5.75 Å². The topological polar surface area (TPSA) is 72.2 Å². The lowest BCUT2D eigenvalue weighted by Gasteiger charge is -2.30. The molecule has 0 aromatic carbocycles. The Bertz CT molecular complexity index is 278. The molecule has 1 rings (SSSR count). The SMILES string of the molecule is CCCNC(CS(=O)CC(N)=O)C1CCCCC1. The summed E-state index contributed by atoms with van der Waals surface area (Å²) < 4.78 is 11.8. The van der Waals surface area contributed by atoms with Gasteiger partial charge in [-0.1, -0.05) is 26.2 Å². The van der Waals surface area contributed by atoms with Crippen molar-refractivity contribution in [3.63, 3.8) is 0 Å². The van der Waals surface area contributed by atoms with Crippen LogP contribution in [-0.2, 0) is 15.6 Å². The first kappa shape index (κ1) is 15.6. The minimum absolute atomic E-state index is 0.00295. The van der Waals surface area contributed by atoms with Crippen LogP contribution in [0.15, 0.2) is 0 Å². The molecule has 1 aliphatic carbocycles. The maximum atomic E-state index is 11.8. The number of hydrogen-bond donors (Lipinski definition) is 2. The number of nitrogens with two attached hydrogens (primary N) is 1. The average molecular weight is 274 g/mol. The second kappa shape index (κ2) is 8.64. The number of carbonyl (C=O) groups excluding carboxylic acids is 1. The van der Waals surface area contributed by atoms with Crippen LogP contribution in [0.5, 0.6) is 0 Å². The van der Waals surface area contributed by atoms with Gasteiger partial charge < -0.3 is 11.1 Å². The highest BCUT2D eigenvalue weighted by molar-refractivity contribution is 7.85. The van der Waals surface area contributed by atoms with Crippen molar-refractivity contribution in [3.05, 3.63) is 0 Å². The smallest absolute Gasteiger partial charge is 0.230 e. The van der Waals surface area contributed by atoms with Crippen molar-refractivity contribution in [2.45, 2.75) is 51.5 Å². The number of rotatable bonds is 8. The van der Waals surface area contributed by atoms with Crippen LogP contribution in [0.4, 0.5) is 0 Å². The second-order valence-electron chi connectivity index (χ2n) is 5.18. The Morgan fingerprint density at radius 1 is 1.39 bits per heavy atom. The van der Waals surface area contributed by atoms with E-state index < -0.39 is 16.7 Å². The molecule has 0 heterocycles. The third-order valence-electron chi connectivity index (χ3n) is 3.54. The van der Waals surface area contributed by atoms with Crippen LogP contribution < -0.4 is 11.1 Å². The molecule has 2 atom stereocenters. The number of hydrogen-bond acceptors (Lipinski definition) is 3. The van der Waals surface area contributed by atoms with Gasteiger partial charge in [0.2, 0.25) is 5.91 Å². The largest absolute Gasteiger partial charge is 0.369 e. The summed E-state index contributed by atoms with van der Waals surface area (Å²) >= 11 is 0. The highest BCUT2D eigenvalue weighted by Crippen LogP contribution is 2.26. The summed E-state index contributed by atoms with van der Waals surface area (Å²) in [5.74, 6) is 0.707. The molecule has 1 fully saturated rings. The minimum Gasteiger partial charge on any atom is -0.369 e. The first-order valence-electron chi connectivity index (χ1n) is 7.00. The van der Waals surface area contributed by atoms with Crippen molar-refractivity contribution in [2.75, 3.05) is 18.1 Å². The van der Waals surface area contributed by atoms with Crippen LogP contribution in [-0.4, -0.2) is 34.2 Å². The molecule has 106 valence electrons. The van der Waals surface area contributed by atoms with Crippen LogP contribution in [0, 0.1) is 5.92 Å². The Labute approximate surface area is 113 Å². The summed E-state index contributed by atoms with van der Waals surface area (Å²) in [6.45, 7) is 3.08. The molecule has 0 bridgehead atoms. The average Bonchev–Trinajstić information content (AvgIpc) is 2.34. The van der Waals surface area contributed by atoms with Crippen molar-refractivity contribution >= 4 is 16.7 Å². The Hall–Kier alpha value is -0.420. The van der Waals surface area contributed by atoms with E-state index >= 15 is 0 Å². The van der Waals surface area contributed by atoms with Gasteiger partial charge in [0, 0.05) is 22.6 Å². The van der Waals surface area contributed by atoms with Crippen LogP contribution in [0.1, 0.15) is 45.4 Å². The van der Waals surface area contributed by atoms with E-state index in [2.05, 4.69) is 12.2 Å². The predicted molar refractivity (Wildman–Crippen MR) is 75.7 cm³/mol. The van der Waals surface area contributed by atoms with Gasteiger partial charge in [-0.15, -0.1) is 0 Å². The first-order valence-corrected chi connectivity index (χ1v) is 8.49. The molecule has 3 N–H and O–H groups in total. The molecule has 0 aliphatic heterocycles. The highest BCUT2D eigenvalue weighted by atomic mass is 32.2. The third-order valence-corrected chi connectivity index (χ3v) is 4.88. The summed E-state index contributed by atoms with van der Waals surface area (Å²) in [5, 5.41) is 3.50. The fourth-order valence-electron chi connectivity index (χ4n) is 2.65. The van der Waals surface area contributed by atoms with Crippen LogP contribution in [0.2, 0.25) is 0 Å². The lowest BCUT2D eigenvalue weighted by molar-refractivity contribution is -0.115. The van der Waals surface area contributed by atoms with Crippen molar-refractivity contribution in [1.29, 1.82) is 0 Å². The molecule has 0 radical (unpaired) electrons. The van der Waals surface area contributed by atoms with Crippen molar-refractivity contribution in [3.8, 4) is 0 Å². The zero-order valence-corrected chi connectivity index (χ0v) is 12.1. The highest BCUT2D eigenvalue weighted by Gasteiger charge is 2.25. The molecule has 0 spiro atoms. The molecule has 0 aromatic rings. The number of amides is 1. The second-order valence-corrected chi connectivity index (χ2v) is 6.68. The fraction of sp³-hybridized carbons (Fsp3) is 0.923. The number of nitrogens with one attached hydrogen (secondary N) is 1. The summed E-state index contributed by atoms with van der Waals surface area (Å²) in [5.41, 5.74) is 5.10. The molecule has 0 saturated heterocycles. The normalized spacial score (nSPS) is 20.5. The maximum absolute atomic E-state index is 11.8. The van der Waals surface area contributed by atoms with Gasteiger partial charge in [-0.2, -0.15) is 0 Å². The Morgan fingerprint density at radius 3 is 2.61 bits per heavy atom. The third kappa shape index (κ3) is 5.96. The van der Waals surface area contributed by atoms with E-state index in [1.807, 2.05) is 0 Å². The molecule has 5 heteroatoms. The van der Waals surface area contributed by atoms with E-state index in [1.165, 1.54) is 32.1 Å². The van der Waals surface area contributed by atoms with Gasteiger partial charge >= 0.3 is 0 Å². The van der Waals surface area contributed by atoms with Crippen molar-refractivity contribution in [2.24, 2.45) is 11.7 Å². The van der Waals surface area contributed by atoms with Gasteiger partial charge in [-0.25, -0.2) is 0 Å². The Balaban J connectivity index is 2.47. The number of primary amides is 1. The quantitative estimate of drug-likeness (QED) is 0.698. The molecule has 4 nitrogen and oxygen atoms in total. The van der Waals surface area contributed by atoms with Gasteiger partial charge in [-0.3, -0.25) is 9.00 Å². The minimum atomic E-state index is -1.12. The monoisotopic (exact) mass is 274 g/mol. The van der Waals surface area contributed by atoms with Crippen molar-refractivity contribution in [1.82, 2.24) is 5.32 Å². The Kier molecular flexibility index (Phi) is 7.51. The number of carbonyl (C=O) groups is 1. The van der Waals surface area contributed by atoms with Crippen LogP contribution in [0.25, 0.3) is 0 Å². The van der Waals surface area contributed by atoms with Gasteiger partial charge in [0.15, 0.2) is 0 Å². The summed E-state index contributed by atoms with van der Waals surface area (Å²) in [6, 6.07) is 0.283. The summed E-state index contributed by atoms with van der Waals surface area (Å²) in [6.07, 6.45) is 7.38. The molecular weight excluding hydrogens is 248 g/mol. The fourth-order valence-corrected chi connectivity index (χ4v) is 3.87. The first-order chi connectivity index (χ1) is 8.63. The zero-order chi connectivity index (χ0) is 13.4. The van der Waals surface area contributed by atoms with E-state index in [1.54, 1.807) is 0 Å². The van der Waals surface area contributed by atoms with Gasteiger partial charge in [0.25, 0.3) is 0 Å². The lowest BCUT2D eigenvalue weighted by Crippen LogP contribution is -2.42. The van der Waals surface area contributed by atoms with E-state index in [9.17, 15) is 9.00 Å². The summed E-state index contributed by atoms with van der Waals surface area (Å²) in [7, 11) is -1.12. The molecule has 1 saturated carbocycles. The Morgan fingerprint density at radius 2 is 2.06 bits per heavy atom. The lowest BCUT2D eigenvalue weighted by atomic mass is 9.84. The molecule has 1 aliphatic rings. The van der Waals surface area contributed by atoms with E-state index in [0.717, 1.165) is 13.0 Å². The van der Waals surface area contributed by atoms with Gasteiger partial charge in [0.05, 0.1) is 0 Å². The molecule has 18 heavy (non-hydrogen) atoms. The molecule has 2 unspecified atom stereocenters. The molecule has 0 aromatic heterocycles. The van der Waals surface area contributed by atoms with E-state index in [0.29, 0.717) is 11.7 Å². The van der Waals surface area contributed by atoms with E-state index in [-0.39, 0.29) is 11.8 Å².